The van der Waals surface area contributed by atoms with Crippen molar-refractivity contribution in [2.75, 3.05) is 4.72 Å². The van der Waals surface area contributed by atoms with Gasteiger partial charge in [-0.25, -0.2) is 17.2 Å². The van der Waals surface area contributed by atoms with E-state index >= 15 is 0 Å². The van der Waals surface area contributed by atoms with Crippen LogP contribution in [0.4, 0.5) is 14.5 Å². The quantitative estimate of drug-likeness (QED) is 0.765. The fraction of sp³-hybridized carbons (Fsp3) is 0.0714. The molecule has 3 aromatic rings. The van der Waals surface area contributed by atoms with Gasteiger partial charge >= 0.3 is 0 Å². The summed E-state index contributed by atoms with van der Waals surface area (Å²) in [6.45, 7) is 1.47. The van der Waals surface area contributed by atoms with E-state index in [1.807, 2.05) is 0 Å². The fourth-order valence-electron chi connectivity index (χ4n) is 2.08. The Bertz CT molecular complexity index is 930. The van der Waals surface area contributed by atoms with Crippen molar-refractivity contribution >= 4 is 15.7 Å². The first kappa shape index (κ1) is 15.2. The van der Waals surface area contributed by atoms with Crippen molar-refractivity contribution in [3.05, 3.63) is 53.9 Å². The van der Waals surface area contributed by atoms with Crippen LogP contribution < -0.4 is 4.72 Å². The molecular formula is C14H11F2N3O3S. The maximum atomic E-state index is 13.2. The summed E-state index contributed by atoms with van der Waals surface area (Å²) in [5.41, 5.74) is 0.289. The van der Waals surface area contributed by atoms with E-state index in [1.165, 1.54) is 19.2 Å². The summed E-state index contributed by atoms with van der Waals surface area (Å²) in [5.74, 6) is -1.35. The number of nitrogens with one attached hydrogen (secondary N) is 2. The molecule has 2 heterocycles. The minimum Gasteiger partial charge on any atom is -0.458 e. The molecule has 6 nitrogen and oxygen atoms in total. The van der Waals surface area contributed by atoms with Crippen LogP contribution in [-0.2, 0) is 10.0 Å². The van der Waals surface area contributed by atoms with Gasteiger partial charge in [-0.15, -0.1) is 0 Å². The third-order valence-corrected chi connectivity index (χ3v) is 4.53. The monoisotopic (exact) mass is 339 g/mol. The number of aryl methyl sites for hydroxylation is 1. The van der Waals surface area contributed by atoms with Crippen molar-refractivity contribution in [1.82, 2.24) is 10.2 Å². The number of hydrogen-bond donors (Lipinski definition) is 2. The number of aromatic nitrogens is 2. The number of sulfonamides is 1. The van der Waals surface area contributed by atoms with Crippen LogP contribution in [0.1, 0.15) is 5.76 Å². The Morgan fingerprint density at radius 1 is 1.17 bits per heavy atom. The van der Waals surface area contributed by atoms with Crippen LogP contribution in [0.15, 0.2) is 45.8 Å². The molecule has 0 fully saturated rings. The number of rotatable bonds is 4. The molecule has 23 heavy (non-hydrogen) atoms. The Kier molecular flexibility index (Phi) is 3.64. The minimum absolute atomic E-state index is 0.133. The molecule has 1 aromatic carbocycles. The van der Waals surface area contributed by atoms with E-state index in [0.29, 0.717) is 11.8 Å². The number of benzene rings is 1. The molecule has 9 heteroatoms. The summed E-state index contributed by atoms with van der Waals surface area (Å²) in [4.78, 5) is -0.133. The molecule has 0 unspecified atom stereocenters. The van der Waals surface area contributed by atoms with E-state index in [1.54, 1.807) is 6.07 Å². The van der Waals surface area contributed by atoms with Gasteiger partial charge in [-0.1, -0.05) is 0 Å². The average molecular weight is 339 g/mol. The highest BCUT2D eigenvalue weighted by atomic mass is 32.2. The summed E-state index contributed by atoms with van der Waals surface area (Å²) in [5, 5.41) is 6.41. The van der Waals surface area contributed by atoms with Gasteiger partial charge in [0, 0.05) is 18.3 Å². The zero-order chi connectivity index (χ0) is 16.6. The first-order valence-corrected chi connectivity index (χ1v) is 7.92. The summed E-state index contributed by atoms with van der Waals surface area (Å²) in [6.07, 6.45) is 1.50. The van der Waals surface area contributed by atoms with Crippen LogP contribution in [0.2, 0.25) is 0 Å². The van der Waals surface area contributed by atoms with Crippen molar-refractivity contribution in [2.24, 2.45) is 0 Å². The predicted octanol–water partition coefficient (Wildman–Crippen LogP) is 3.06. The zero-order valence-electron chi connectivity index (χ0n) is 11.8. The molecule has 0 atom stereocenters. The van der Waals surface area contributed by atoms with Crippen LogP contribution in [0.5, 0.6) is 0 Å². The van der Waals surface area contributed by atoms with Crippen molar-refractivity contribution in [1.29, 1.82) is 0 Å². The molecule has 0 aliphatic rings. The third kappa shape index (κ3) is 3.09. The van der Waals surface area contributed by atoms with Crippen LogP contribution in [0.25, 0.3) is 11.5 Å². The van der Waals surface area contributed by atoms with Crippen molar-refractivity contribution in [3.63, 3.8) is 0 Å². The van der Waals surface area contributed by atoms with Gasteiger partial charge in [-0.3, -0.25) is 9.82 Å². The number of furan rings is 1. The van der Waals surface area contributed by atoms with E-state index in [2.05, 4.69) is 14.9 Å². The van der Waals surface area contributed by atoms with Gasteiger partial charge in [0.25, 0.3) is 10.0 Å². The maximum Gasteiger partial charge on any atom is 0.265 e. The second-order valence-electron chi connectivity index (χ2n) is 4.77. The number of hydrogen-bond acceptors (Lipinski definition) is 4. The molecule has 0 bridgehead atoms. The molecule has 0 amide bonds. The second-order valence-corrected chi connectivity index (χ2v) is 6.42. The lowest BCUT2D eigenvalue weighted by Crippen LogP contribution is -2.13. The lowest BCUT2D eigenvalue weighted by Gasteiger charge is -2.07. The van der Waals surface area contributed by atoms with Crippen LogP contribution >= 0.6 is 0 Å². The lowest BCUT2D eigenvalue weighted by atomic mass is 10.3. The number of nitrogens with zero attached hydrogens (tertiary/aromatic N) is 1. The number of H-pyrrole nitrogens is 1. The highest BCUT2D eigenvalue weighted by Crippen LogP contribution is 2.28. The molecular weight excluding hydrogens is 328 g/mol. The summed E-state index contributed by atoms with van der Waals surface area (Å²) in [7, 11) is -4.06. The number of aromatic amines is 1. The highest BCUT2D eigenvalue weighted by molar-refractivity contribution is 7.92. The number of anilines is 1. The van der Waals surface area contributed by atoms with E-state index in [-0.39, 0.29) is 22.1 Å². The predicted molar refractivity (Wildman–Crippen MR) is 78.2 cm³/mol. The number of halogens is 2. The van der Waals surface area contributed by atoms with E-state index in [0.717, 1.165) is 12.1 Å². The highest BCUT2D eigenvalue weighted by Gasteiger charge is 2.23. The zero-order valence-corrected chi connectivity index (χ0v) is 12.6. The van der Waals surface area contributed by atoms with Crippen molar-refractivity contribution in [3.8, 4) is 11.5 Å². The van der Waals surface area contributed by atoms with Gasteiger partial charge in [-0.2, -0.15) is 5.10 Å². The van der Waals surface area contributed by atoms with E-state index in [9.17, 15) is 17.2 Å². The largest absolute Gasteiger partial charge is 0.458 e. The van der Waals surface area contributed by atoms with Gasteiger partial charge in [0.2, 0.25) is 0 Å². The van der Waals surface area contributed by atoms with Gasteiger partial charge in [0.1, 0.15) is 28.0 Å². The average Bonchev–Trinajstić information content (AvgIpc) is 3.05. The standard InChI is InChI=1S/C14H11F2N3O3S/c1-8-14(7-13(22-8)12-2-3-17-18-12)23(20,21)19-11-5-9(15)4-10(16)6-11/h2-7,19H,1H3,(H,17,18). The summed E-state index contributed by atoms with van der Waals surface area (Å²) in [6, 6.07) is 5.33. The molecule has 0 spiro atoms. The molecule has 0 radical (unpaired) electrons. The van der Waals surface area contributed by atoms with E-state index < -0.39 is 21.7 Å². The molecule has 0 saturated heterocycles. The molecule has 0 saturated carbocycles. The molecule has 2 N–H and O–H groups in total. The third-order valence-electron chi connectivity index (χ3n) is 3.04. The first-order valence-electron chi connectivity index (χ1n) is 6.44. The molecule has 0 aliphatic heterocycles. The Labute approximate surface area is 130 Å². The topological polar surface area (TPSA) is 88.0 Å². The normalized spacial score (nSPS) is 11.6. The Hall–Kier alpha value is -2.68. The SMILES string of the molecule is Cc1oc(-c2ccn[nH]2)cc1S(=O)(=O)Nc1cc(F)cc(F)c1. The smallest absolute Gasteiger partial charge is 0.265 e. The maximum absolute atomic E-state index is 13.2. The van der Waals surface area contributed by atoms with Crippen LogP contribution in [0.3, 0.4) is 0 Å². The fourth-order valence-corrected chi connectivity index (χ4v) is 3.30. The molecule has 120 valence electrons. The summed E-state index contributed by atoms with van der Waals surface area (Å²) < 4.78 is 58.6. The Morgan fingerprint density at radius 2 is 1.87 bits per heavy atom. The van der Waals surface area contributed by atoms with Crippen LogP contribution in [-0.4, -0.2) is 18.6 Å². The summed E-state index contributed by atoms with van der Waals surface area (Å²) >= 11 is 0. The molecule has 3 rings (SSSR count). The van der Waals surface area contributed by atoms with E-state index in [4.69, 9.17) is 4.42 Å². The van der Waals surface area contributed by atoms with Crippen LogP contribution in [0, 0.1) is 18.6 Å². The minimum atomic E-state index is -4.06. The van der Waals surface area contributed by atoms with Gasteiger partial charge in [0.15, 0.2) is 5.76 Å². The van der Waals surface area contributed by atoms with Gasteiger partial charge in [-0.05, 0) is 25.1 Å². The Morgan fingerprint density at radius 3 is 2.48 bits per heavy atom. The van der Waals surface area contributed by atoms with Crippen molar-refractivity contribution in [2.45, 2.75) is 11.8 Å². The lowest BCUT2D eigenvalue weighted by molar-refractivity contribution is 0.533. The first-order chi connectivity index (χ1) is 10.8. The van der Waals surface area contributed by atoms with Gasteiger partial charge < -0.3 is 4.42 Å². The molecule has 2 aromatic heterocycles. The van der Waals surface area contributed by atoms with Crippen molar-refractivity contribution < 1.29 is 21.6 Å². The Balaban J connectivity index is 1.97. The second kappa shape index (κ2) is 5.51. The molecule has 0 aliphatic carbocycles. The van der Waals surface area contributed by atoms with Gasteiger partial charge in [0.05, 0.1) is 5.69 Å².